The lowest BCUT2D eigenvalue weighted by atomic mass is 10.0. The molecule has 0 aliphatic heterocycles. The Morgan fingerprint density at radius 2 is 1.90 bits per heavy atom. The molecule has 0 unspecified atom stereocenters. The largest absolute Gasteiger partial charge is 0.482 e. The fourth-order valence-corrected chi connectivity index (χ4v) is 2.16. The first kappa shape index (κ1) is 14.7. The molecule has 20 heavy (non-hydrogen) atoms. The zero-order valence-electron chi connectivity index (χ0n) is 10.7. The second-order valence-corrected chi connectivity index (χ2v) is 5.10. The molecule has 1 N–H and O–H groups in total. The molecule has 0 fully saturated rings. The van der Waals surface area contributed by atoms with E-state index < -0.39 is 5.97 Å². The van der Waals surface area contributed by atoms with Crippen LogP contribution in [-0.2, 0) is 4.79 Å². The molecule has 0 heterocycles. The lowest BCUT2D eigenvalue weighted by Gasteiger charge is -2.10. The lowest BCUT2D eigenvalue weighted by Crippen LogP contribution is -2.09. The molecule has 0 aliphatic rings. The smallest absolute Gasteiger partial charge is 0.341 e. The Bertz CT molecular complexity index is 654. The van der Waals surface area contributed by atoms with Gasteiger partial charge < -0.3 is 9.84 Å². The second-order valence-electron chi connectivity index (χ2n) is 4.29. The van der Waals surface area contributed by atoms with Gasteiger partial charge in [0.2, 0.25) is 0 Å². The van der Waals surface area contributed by atoms with Crippen molar-refractivity contribution in [1.29, 1.82) is 0 Å². The van der Waals surface area contributed by atoms with Crippen molar-refractivity contribution < 1.29 is 14.6 Å². The number of aryl methyl sites for hydroxylation is 1. The molecule has 2 rings (SSSR count). The molecule has 0 bridgehead atoms. The highest BCUT2D eigenvalue weighted by Crippen LogP contribution is 2.31. The van der Waals surface area contributed by atoms with Crippen LogP contribution in [0.1, 0.15) is 5.56 Å². The van der Waals surface area contributed by atoms with Gasteiger partial charge in [-0.3, -0.25) is 0 Å². The molecular weight excluding hydrogens is 299 g/mol. The van der Waals surface area contributed by atoms with Crippen LogP contribution in [0.3, 0.4) is 0 Å². The number of carboxylic acids is 1. The third-order valence-corrected chi connectivity index (χ3v) is 3.53. The van der Waals surface area contributed by atoms with E-state index in [0.717, 1.165) is 16.7 Å². The molecule has 3 nitrogen and oxygen atoms in total. The van der Waals surface area contributed by atoms with Gasteiger partial charge in [-0.25, -0.2) is 4.79 Å². The lowest BCUT2D eigenvalue weighted by molar-refractivity contribution is -0.139. The molecule has 0 radical (unpaired) electrons. The van der Waals surface area contributed by atoms with E-state index in [1.165, 1.54) is 0 Å². The summed E-state index contributed by atoms with van der Waals surface area (Å²) in [5.41, 5.74) is 2.90. The highest BCUT2D eigenvalue weighted by atomic mass is 35.5. The molecule has 0 aliphatic carbocycles. The second kappa shape index (κ2) is 6.16. The van der Waals surface area contributed by atoms with Crippen molar-refractivity contribution in [1.82, 2.24) is 0 Å². The fraction of sp³-hybridized carbons (Fsp3) is 0.133. The summed E-state index contributed by atoms with van der Waals surface area (Å²) in [6.45, 7) is 1.57. The van der Waals surface area contributed by atoms with Gasteiger partial charge in [0.1, 0.15) is 5.75 Å². The molecule has 0 saturated carbocycles. The first-order valence-corrected chi connectivity index (χ1v) is 6.63. The van der Waals surface area contributed by atoms with Crippen LogP contribution in [0.5, 0.6) is 5.75 Å². The van der Waals surface area contributed by atoms with Gasteiger partial charge in [-0.1, -0.05) is 35.3 Å². The van der Waals surface area contributed by atoms with Gasteiger partial charge in [0.25, 0.3) is 0 Å². The number of ether oxygens (including phenoxy) is 1. The highest BCUT2D eigenvalue weighted by molar-refractivity contribution is 6.42. The molecule has 5 heteroatoms. The van der Waals surface area contributed by atoms with Crippen LogP contribution in [0.25, 0.3) is 11.1 Å². The van der Waals surface area contributed by atoms with Gasteiger partial charge in [0.05, 0.1) is 10.0 Å². The highest BCUT2D eigenvalue weighted by Gasteiger charge is 2.07. The van der Waals surface area contributed by atoms with Gasteiger partial charge >= 0.3 is 5.97 Å². The first-order valence-electron chi connectivity index (χ1n) is 5.88. The minimum Gasteiger partial charge on any atom is -0.482 e. The summed E-state index contributed by atoms with van der Waals surface area (Å²) in [6.07, 6.45) is 0. The van der Waals surface area contributed by atoms with Gasteiger partial charge in [0, 0.05) is 0 Å². The van der Waals surface area contributed by atoms with Crippen molar-refractivity contribution in [2.24, 2.45) is 0 Å². The van der Waals surface area contributed by atoms with Crippen molar-refractivity contribution in [2.45, 2.75) is 6.92 Å². The van der Waals surface area contributed by atoms with E-state index in [4.69, 9.17) is 33.0 Å². The maximum Gasteiger partial charge on any atom is 0.341 e. The molecule has 104 valence electrons. The minimum absolute atomic E-state index is 0.356. The van der Waals surface area contributed by atoms with E-state index >= 15 is 0 Å². The van der Waals surface area contributed by atoms with Gasteiger partial charge in [-0.05, 0) is 47.9 Å². The topological polar surface area (TPSA) is 46.5 Å². The van der Waals surface area contributed by atoms with Crippen molar-refractivity contribution in [2.75, 3.05) is 6.61 Å². The van der Waals surface area contributed by atoms with Crippen LogP contribution in [-0.4, -0.2) is 17.7 Å². The molecule has 2 aromatic carbocycles. The third kappa shape index (κ3) is 3.44. The van der Waals surface area contributed by atoms with E-state index in [2.05, 4.69) is 0 Å². The molecule has 2 aromatic rings. The molecular formula is C15H12Cl2O3. The summed E-state index contributed by atoms with van der Waals surface area (Å²) in [5.74, 6) is -0.482. The number of hydrogen-bond donors (Lipinski definition) is 1. The molecule has 0 spiro atoms. The number of halogens is 2. The predicted molar refractivity (Wildman–Crippen MR) is 79.8 cm³/mol. The zero-order chi connectivity index (χ0) is 14.7. The summed E-state index contributed by atoms with van der Waals surface area (Å²) in [4.78, 5) is 10.5. The predicted octanol–water partition coefficient (Wildman–Crippen LogP) is 4.43. The van der Waals surface area contributed by atoms with E-state index in [9.17, 15) is 4.79 Å². The summed E-state index contributed by atoms with van der Waals surface area (Å²) in [7, 11) is 0. The molecule has 0 aromatic heterocycles. The first-order chi connectivity index (χ1) is 9.47. The Morgan fingerprint density at radius 3 is 2.50 bits per heavy atom. The molecule has 0 atom stereocenters. The summed E-state index contributed by atoms with van der Waals surface area (Å²) in [6, 6.07) is 10.8. The van der Waals surface area contributed by atoms with Crippen LogP contribution in [0.2, 0.25) is 10.0 Å². The SMILES string of the molecule is Cc1cc(OCC(=O)O)ccc1-c1ccc(Cl)c(Cl)c1. The maximum absolute atomic E-state index is 10.5. The third-order valence-electron chi connectivity index (χ3n) is 2.79. The normalized spacial score (nSPS) is 10.3. The minimum atomic E-state index is -1.00. The number of carboxylic acid groups (broad SMARTS) is 1. The van der Waals surface area contributed by atoms with E-state index in [0.29, 0.717) is 15.8 Å². The zero-order valence-corrected chi connectivity index (χ0v) is 12.2. The Morgan fingerprint density at radius 1 is 1.15 bits per heavy atom. The summed E-state index contributed by atoms with van der Waals surface area (Å²) >= 11 is 11.9. The Hall–Kier alpha value is -1.71. The van der Waals surface area contributed by atoms with Crippen molar-refractivity contribution >= 4 is 29.2 Å². The van der Waals surface area contributed by atoms with Gasteiger partial charge in [0.15, 0.2) is 6.61 Å². The quantitative estimate of drug-likeness (QED) is 0.908. The van der Waals surface area contributed by atoms with Crippen LogP contribution in [0, 0.1) is 6.92 Å². The van der Waals surface area contributed by atoms with Crippen LogP contribution in [0.15, 0.2) is 36.4 Å². The Kier molecular flexibility index (Phi) is 4.53. The number of benzene rings is 2. The maximum atomic E-state index is 10.5. The van der Waals surface area contributed by atoms with E-state index in [1.54, 1.807) is 24.3 Å². The number of hydrogen-bond acceptors (Lipinski definition) is 2. The van der Waals surface area contributed by atoms with Crippen LogP contribution >= 0.6 is 23.2 Å². The van der Waals surface area contributed by atoms with Gasteiger partial charge in [-0.2, -0.15) is 0 Å². The number of aliphatic carboxylic acids is 1. The molecule has 0 saturated heterocycles. The van der Waals surface area contributed by atoms with Crippen molar-refractivity contribution in [3.8, 4) is 16.9 Å². The summed E-state index contributed by atoms with van der Waals surface area (Å²) < 4.78 is 5.14. The Labute approximate surface area is 126 Å². The average molecular weight is 311 g/mol. The summed E-state index contributed by atoms with van der Waals surface area (Å²) in [5, 5.41) is 9.58. The number of carbonyl (C=O) groups is 1. The van der Waals surface area contributed by atoms with E-state index in [-0.39, 0.29) is 6.61 Å². The van der Waals surface area contributed by atoms with Crippen LogP contribution in [0.4, 0.5) is 0 Å². The Balaban J connectivity index is 2.29. The van der Waals surface area contributed by atoms with Crippen LogP contribution < -0.4 is 4.74 Å². The van der Waals surface area contributed by atoms with E-state index in [1.807, 2.05) is 19.1 Å². The molecule has 0 amide bonds. The average Bonchev–Trinajstić information content (AvgIpc) is 2.40. The number of rotatable bonds is 4. The fourth-order valence-electron chi connectivity index (χ4n) is 1.86. The standard InChI is InChI=1S/C15H12Cl2O3/c1-9-6-11(20-8-15(18)19)3-4-12(9)10-2-5-13(16)14(17)7-10/h2-7H,8H2,1H3,(H,18,19). The van der Waals surface area contributed by atoms with Crippen molar-refractivity contribution in [3.05, 3.63) is 52.0 Å². The monoisotopic (exact) mass is 310 g/mol. The van der Waals surface area contributed by atoms with Gasteiger partial charge in [-0.15, -0.1) is 0 Å². The van der Waals surface area contributed by atoms with Crippen molar-refractivity contribution in [3.63, 3.8) is 0 Å².